The number of rotatable bonds is 2. The number of carbonyl (C=O) groups is 2. The highest BCUT2D eigenvalue weighted by Crippen LogP contribution is 2.28. The molecule has 7 nitrogen and oxygen atoms in total. The van der Waals surface area contributed by atoms with Crippen LogP contribution in [0, 0.1) is 11.8 Å². The Bertz CT molecular complexity index is 1220. The van der Waals surface area contributed by atoms with Gasteiger partial charge in [0, 0.05) is 42.4 Å². The van der Waals surface area contributed by atoms with E-state index in [1.165, 1.54) is 9.30 Å². The molecular weight excluding hydrogens is 394 g/mol. The van der Waals surface area contributed by atoms with E-state index in [0.717, 1.165) is 0 Å². The van der Waals surface area contributed by atoms with E-state index in [1.807, 2.05) is 0 Å². The minimum absolute atomic E-state index is 0.128. The van der Waals surface area contributed by atoms with Gasteiger partial charge in [0.1, 0.15) is 0 Å². The van der Waals surface area contributed by atoms with Crippen molar-refractivity contribution in [1.29, 1.82) is 0 Å². The minimum Gasteiger partial charge on any atom is -0.475 e. The van der Waals surface area contributed by atoms with E-state index >= 15 is 0 Å². The van der Waals surface area contributed by atoms with Crippen LogP contribution in [0.2, 0.25) is 5.02 Å². The van der Waals surface area contributed by atoms with Crippen molar-refractivity contribution in [2.45, 2.75) is 12.0 Å². The second-order valence-corrected chi connectivity index (χ2v) is 7.29. The summed E-state index contributed by atoms with van der Waals surface area (Å²) in [4.78, 5) is 29.3. The van der Waals surface area contributed by atoms with E-state index in [2.05, 4.69) is 16.8 Å². The Hall–Kier alpha value is -3.34. The van der Waals surface area contributed by atoms with Gasteiger partial charge in [0.25, 0.3) is 5.91 Å². The van der Waals surface area contributed by atoms with Gasteiger partial charge in [0.2, 0.25) is 11.4 Å². The van der Waals surface area contributed by atoms with Crippen molar-refractivity contribution in [2.24, 2.45) is 0 Å². The predicted molar refractivity (Wildman–Crippen MR) is 107 cm³/mol. The third kappa shape index (κ3) is 3.33. The van der Waals surface area contributed by atoms with Gasteiger partial charge < -0.3 is 15.1 Å². The summed E-state index contributed by atoms with van der Waals surface area (Å²) in [6, 6.07) is 10.2. The molecule has 1 amide bonds. The summed E-state index contributed by atoms with van der Waals surface area (Å²) in [7, 11) is 1.62. The molecule has 8 heteroatoms. The number of hydrogen-bond donors (Lipinski definition) is 2. The number of nitrogens with zero attached hydrogens (tertiary/aromatic N) is 3. The maximum absolute atomic E-state index is 12.1. The number of pyridine rings is 1. The van der Waals surface area contributed by atoms with Crippen molar-refractivity contribution < 1.29 is 19.8 Å². The first-order valence-corrected chi connectivity index (χ1v) is 9.19. The van der Waals surface area contributed by atoms with Crippen LogP contribution in [-0.2, 0) is 4.79 Å². The standard InChI is InChI=1S/C21H16ClN3O4/c1-24-10-8-21(29,20(24)28)7-5-13-3-2-4-14(11-13)17-16-12-15(22)6-9-25(16)18(23-17)19(26)27/h2-4,6,9,11-12,29H,8,10H2,1H3,(H,26,27). The Morgan fingerprint density at radius 2 is 2.10 bits per heavy atom. The zero-order valence-electron chi connectivity index (χ0n) is 15.4. The molecular formula is C21H16ClN3O4. The number of likely N-dealkylation sites (tertiary alicyclic amines) is 1. The van der Waals surface area contributed by atoms with Crippen molar-refractivity contribution in [1.82, 2.24) is 14.3 Å². The lowest BCUT2D eigenvalue weighted by molar-refractivity contribution is -0.137. The average Bonchev–Trinajstić information content (AvgIpc) is 3.20. The predicted octanol–water partition coefficient (Wildman–Crippen LogP) is 2.30. The van der Waals surface area contributed by atoms with Crippen LogP contribution in [0.1, 0.15) is 22.6 Å². The molecule has 1 aromatic carbocycles. The van der Waals surface area contributed by atoms with Crippen molar-refractivity contribution >= 4 is 29.0 Å². The van der Waals surface area contributed by atoms with Gasteiger partial charge in [0.15, 0.2) is 0 Å². The van der Waals surface area contributed by atoms with Gasteiger partial charge in [-0.1, -0.05) is 35.6 Å². The number of fused-ring (bicyclic) bond motifs is 1. The molecule has 1 fully saturated rings. The van der Waals surface area contributed by atoms with Gasteiger partial charge in [0.05, 0.1) is 11.2 Å². The Labute approximate surface area is 171 Å². The van der Waals surface area contributed by atoms with Gasteiger partial charge in [-0.05, 0) is 24.3 Å². The molecule has 146 valence electrons. The molecule has 1 aliphatic heterocycles. The lowest BCUT2D eigenvalue weighted by Gasteiger charge is -2.13. The largest absolute Gasteiger partial charge is 0.475 e. The minimum atomic E-state index is -1.68. The van der Waals surface area contributed by atoms with Gasteiger partial charge in [-0.2, -0.15) is 0 Å². The second kappa shape index (κ2) is 6.92. The van der Waals surface area contributed by atoms with E-state index in [9.17, 15) is 19.8 Å². The Morgan fingerprint density at radius 3 is 2.79 bits per heavy atom. The van der Waals surface area contributed by atoms with Crippen molar-refractivity contribution in [2.75, 3.05) is 13.6 Å². The SMILES string of the molecule is CN1CCC(O)(C#Cc2cccc(-c3nc(C(=O)O)n4ccc(Cl)cc34)c2)C1=O. The monoisotopic (exact) mass is 409 g/mol. The number of likely N-dealkylation sites (N-methyl/N-ethyl adjacent to an activating group) is 1. The first-order chi connectivity index (χ1) is 13.8. The van der Waals surface area contributed by atoms with E-state index in [0.29, 0.717) is 33.9 Å². The van der Waals surface area contributed by atoms with E-state index in [1.54, 1.807) is 49.6 Å². The molecule has 0 aliphatic carbocycles. The molecule has 1 saturated heterocycles. The van der Waals surface area contributed by atoms with Crippen LogP contribution in [0.4, 0.5) is 0 Å². The number of amides is 1. The fraction of sp³-hybridized carbons (Fsp3) is 0.190. The van der Waals surface area contributed by atoms with Crippen LogP contribution in [0.3, 0.4) is 0 Å². The number of aromatic carboxylic acids is 1. The summed E-state index contributed by atoms with van der Waals surface area (Å²) in [5.74, 6) is 3.83. The molecule has 1 aliphatic rings. The van der Waals surface area contributed by atoms with Crippen LogP contribution >= 0.6 is 11.6 Å². The lowest BCUT2D eigenvalue weighted by atomic mass is 10.0. The van der Waals surface area contributed by atoms with Crippen LogP contribution in [0.25, 0.3) is 16.8 Å². The number of carboxylic acid groups (broad SMARTS) is 1. The Morgan fingerprint density at radius 1 is 1.31 bits per heavy atom. The summed E-state index contributed by atoms with van der Waals surface area (Å²) < 4.78 is 1.46. The quantitative estimate of drug-likeness (QED) is 0.633. The molecule has 2 aromatic heterocycles. The van der Waals surface area contributed by atoms with Crippen molar-refractivity contribution in [3.05, 3.63) is 59.0 Å². The normalized spacial score (nSPS) is 18.7. The topological polar surface area (TPSA) is 95.1 Å². The van der Waals surface area contributed by atoms with Crippen LogP contribution in [0.5, 0.6) is 0 Å². The van der Waals surface area contributed by atoms with Crippen LogP contribution < -0.4 is 0 Å². The molecule has 4 rings (SSSR count). The molecule has 0 bridgehead atoms. The third-order valence-electron chi connectivity index (χ3n) is 4.86. The first-order valence-electron chi connectivity index (χ1n) is 8.81. The zero-order chi connectivity index (χ0) is 20.8. The maximum Gasteiger partial charge on any atom is 0.372 e. The van der Waals surface area contributed by atoms with Crippen LogP contribution in [-0.4, -0.2) is 55.6 Å². The van der Waals surface area contributed by atoms with Crippen molar-refractivity contribution in [3.8, 4) is 23.1 Å². The number of imidazole rings is 1. The van der Waals surface area contributed by atoms with Gasteiger partial charge >= 0.3 is 5.97 Å². The summed E-state index contributed by atoms with van der Waals surface area (Å²) in [6.07, 6.45) is 1.81. The summed E-state index contributed by atoms with van der Waals surface area (Å²) >= 11 is 6.09. The highest BCUT2D eigenvalue weighted by Gasteiger charge is 2.42. The molecule has 3 aromatic rings. The molecule has 2 N–H and O–H groups in total. The number of hydrogen-bond acceptors (Lipinski definition) is 4. The van der Waals surface area contributed by atoms with Crippen LogP contribution in [0.15, 0.2) is 42.6 Å². The number of carbonyl (C=O) groups excluding carboxylic acids is 1. The smallest absolute Gasteiger partial charge is 0.372 e. The molecule has 1 atom stereocenters. The van der Waals surface area contributed by atoms with Gasteiger partial charge in [-0.25, -0.2) is 9.78 Å². The Balaban J connectivity index is 1.78. The molecule has 0 spiro atoms. The highest BCUT2D eigenvalue weighted by atomic mass is 35.5. The molecule has 29 heavy (non-hydrogen) atoms. The summed E-state index contributed by atoms with van der Waals surface area (Å²) in [5, 5.41) is 20.4. The highest BCUT2D eigenvalue weighted by molar-refractivity contribution is 6.31. The number of carboxylic acids is 1. The van der Waals surface area contributed by atoms with E-state index in [-0.39, 0.29) is 12.2 Å². The summed E-state index contributed by atoms with van der Waals surface area (Å²) in [5.41, 5.74) is 0.523. The fourth-order valence-electron chi connectivity index (χ4n) is 3.31. The van der Waals surface area contributed by atoms with E-state index < -0.39 is 17.5 Å². The second-order valence-electron chi connectivity index (χ2n) is 6.86. The number of halogens is 1. The van der Waals surface area contributed by atoms with Gasteiger partial charge in [-0.15, -0.1) is 0 Å². The molecule has 3 heterocycles. The zero-order valence-corrected chi connectivity index (χ0v) is 16.1. The van der Waals surface area contributed by atoms with E-state index in [4.69, 9.17) is 11.6 Å². The maximum atomic E-state index is 12.1. The molecule has 1 unspecified atom stereocenters. The fourth-order valence-corrected chi connectivity index (χ4v) is 3.47. The van der Waals surface area contributed by atoms with Gasteiger partial charge in [-0.3, -0.25) is 9.20 Å². The molecule has 0 saturated carbocycles. The van der Waals surface area contributed by atoms with Crippen molar-refractivity contribution in [3.63, 3.8) is 0 Å². The number of aromatic nitrogens is 2. The molecule has 0 radical (unpaired) electrons. The lowest BCUT2D eigenvalue weighted by Crippen LogP contribution is -2.37. The number of benzene rings is 1. The number of aliphatic hydroxyl groups is 1. The summed E-state index contributed by atoms with van der Waals surface area (Å²) in [6.45, 7) is 0.448. The first kappa shape index (κ1) is 19.0. The third-order valence-corrected chi connectivity index (χ3v) is 5.09. The average molecular weight is 410 g/mol. The Kier molecular flexibility index (Phi) is 4.53.